The number of hydrogen-bond acceptors (Lipinski definition) is 0. The minimum Gasteiger partial charge on any atom is -0.0651 e. The Morgan fingerprint density at radius 2 is 1.14 bits per heavy atom. The van der Waals surface area contributed by atoms with E-state index >= 15 is 0 Å². The second-order valence-corrected chi connectivity index (χ2v) is 4.01. The molecule has 0 saturated carbocycles. The first kappa shape index (κ1) is 11.3. The van der Waals surface area contributed by atoms with E-state index in [0.717, 1.165) is 6.42 Å². The van der Waals surface area contributed by atoms with Crippen molar-refractivity contribution in [3.8, 4) is 0 Å². The van der Waals surface area contributed by atoms with E-state index in [-0.39, 0.29) is 0 Å². The molecule has 78 valence electrons. The Morgan fingerprint density at radius 1 is 0.714 bits per heavy atom. The van der Waals surface area contributed by atoms with Gasteiger partial charge in [0, 0.05) is 0 Å². The molecule has 0 N–H and O–H groups in total. The molecule has 0 heteroatoms. The summed E-state index contributed by atoms with van der Waals surface area (Å²) in [6, 6.07) is 7.11. The molecule has 1 aromatic rings. The number of aryl methyl sites for hydroxylation is 3. The SMILES string of the molecule is CCCc1cc(CC)cc(CCC)c1. The fourth-order valence-electron chi connectivity index (χ4n) is 1.91. The van der Waals surface area contributed by atoms with Crippen LogP contribution in [0.25, 0.3) is 0 Å². The number of hydrogen-bond donors (Lipinski definition) is 0. The highest BCUT2D eigenvalue weighted by molar-refractivity contribution is 5.30. The molecule has 0 aliphatic heterocycles. The number of benzene rings is 1. The van der Waals surface area contributed by atoms with Gasteiger partial charge >= 0.3 is 0 Å². The van der Waals surface area contributed by atoms with Gasteiger partial charge in [-0.25, -0.2) is 0 Å². The molecule has 0 atom stereocenters. The van der Waals surface area contributed by atoms with Crippen LogP contribution in [-0.4, -0.2) is 0 Å². The second kappa shape index (κ2) is 5.85. The average molecular weight is 190 g/mol. The van der Waals surface area contributed by atoms with Gasteiger partial charge in [-0.3, -0.25) is 0 Å². The summed E-state index contributed by atoms with van der Waals surface area (Å²) in [5, 5.41) is 0. The summed E-state index contributed by atoms with van der Waals surface area (Å²) in [4.78, 5) is 0. The first-order valence-electron chi connectivity index (χ1n) is 5.91. The highest BCUT2D eigenvalue weighted by atomic mass is 14.0. The van der Waals surface area contributed by atoms with Crippen LogP contribution in [-0.2, 0) is 19.3 Å². The van der Waals surface area contributed by atoms with Gasteiger partial charge in [-0.05, 0) is 36.0 Å². The summed E-state index contributed by atoms with van der Waals surface area (Å²) in [5.41, 5.74) is 4.55. The number of rotatable bonds is 5. The molecule has 0 spiro atoms. The van der Waals surface area contributed by atoms with Crippen molar-refractivity contribution in [3.63, 3.8) is 0 Å². The normalized spacial score (nSPS) is 10.5. The minimum absolute atomic E-state index is 1.16. The lowest BCUT2D eigenvalue weighted by Gasteiger charge is -2.07. The molecular weight excluding hydrogens is 168 g/mol. The van der Waals surface area contributed by atoms with Crippen LogP contribution in [0.15, 0.2) is 18.2 Å². The molecule has 0 radical (unpaired) electrons. The van der Waals surface area contributed by atoms with Crippen molar-refractivity contribution in [1.82, 2.24) is 0 Å². The van der Waals surface area contributed by atoms with Crippen molar-refractivity contribution in [2.24, 2.45) is 0 Å². The van der Waals surface area contributed by atoms with Gasteiger partial charge in [0.1, 0.15) is 0 Å². The van der Waals surface area contributed by atoms with Crippen LogP contribution < -0.4 is 0 Å². The maximum Gasteiger partial charge on any atom is -0.0281 e. The maximum absolute atomic E-state index is 2.38. The molecule has 0 nitrogen and oxygen atoms in total. The lowest BCUT2D eigenvalue weighted by molar-refractivity contribution is 0.888. The molecule has 0 aliphatic carbocycles. The largest absolute Gasteiger partial charge is 0.0651 e. The van der Waals surface area contributed by atoms with Gasteiger partial charge in [0.15, 0.2) is 0 Å². The summed E-state index contributed by atoms with van der Waals surface area (Å²) in [6.45, 7) is 6.73. The van der Waals surface area contributed by atoms with E-state index in [9.17, 15) is 0 Å². The smallest absolute Gasteiger partial charge is 0.0281 e. The fourth-order valence-corrected chi connectivity index (χ4v) is 1.91. The molecule has 0 bridgehead atoms. The molecule has 0 heterocycles. The molecule has 14 heavy (non-hydrogen) atoms. The molecule has 0 saturated heterocycles. The average Bonchev–Trinajstić information content (AvgIpc) is 2.18. The van der Waals surface area contributed by atoms with Gasteiger partial charge in [0.05, 0.1) is 0 Å². The predicted octanol–water partition coefficient (Wildman–Crippen LogP) is 4.15. The van der Waals surface area contributed by atoms with Crippen molar-refractivity contribution in [1.29, 1.82) is 0 Å². The monoisotopic (exact) mass is 190 g/mol. The van der Waals surface area contributed by atoms with Crippen LogP contribution in [0.3, 0.4) is 0 Å². The Balaban J connectivity index is 2.88. The van der Waals surface area contributed by atoms with E-state index in [1.54, 1.807) is 0 Å². The van der Waals surface area contributed by atoms with Gasteiger partial charge < -0.3 is 0 Å². The van der Waals surface area contributed by atoms with Crippen molar-refractivity contribution in [2.45, 2.75) is 52.9 Å². The van der Waals surface area contributed by atoms with Crippen LogP contribution in [0.4, 0.5) is 0 Å². The molecule has 0 amide bonds. The zero-order valence-corrected chi connectivity index (χ0v) is 9.77. The third-order valence-corrected chi connectivity index (χ3v) is 2.60. The Morgan fingerprint density at radius 3 is 1.50 bits per heavy atom. The Hall–Kier alpha value is -0.780. The van der Waals surface area contributed by atoms with Gasteiger partial charge in [-0.15, -0.1) is 0 Å². The molecule has 1 aromatic carbocycles. The molecule has 0 aliphatic rings. The van der Waals surface area contributed by atoms with Gasteiger partial charge in [-0.2, -0.15) is 0 Å². The van der Waals surface area contributed by atoms with Crippen molar-refractivity contribution < 1.29 is 0 Å². The molecule has 0 fully saturated rings. The summed E-state index contributed by atoms with van der Waals surface area (Å²) < 4.78 is 0. The second-order valence-electron chi connectivity index (χ2n) is 4.01. The van der Waals surface area contributed by atoms with Crippen LogP contribution in [0, 0.1) is 0 Å². The van der Waals surface area contributed by atoms with Gasteiger partial charge in [0.25, 0.3) is 0 Å². The summed E-state index contributed by atoms with van der Waals surface area (Å²) in [6.07, 6.45) is 6.11. The molecular formula is C14H22. The van der Waals surface area contributed by atoms with E-state index in [4.69, 9.17) is 0 Å². The topological polar surface area (TPSA) is 0 Å². The van der Waals surface area contributed by atoms with Crippen LogP contribution >= 0.6 is 0 Å². The van der Waals surface area contributed by atoms with E-state index in [1.165, 1.54) is 42.4 Å². The molecule has 0 aromatic heterocycles. The third-order valence-electron chi connectivity index (χ3n) is 2.60. The quantitative estimate of drug-likeness (QED) is 0.654. The van der Waals surface area contributed by atoms with Gasteiger partial charge in [0.2, 0.25) is 0 Å². The lowest BCUT2D eigenvalue weighted by atomic mass is 9.99. The van der Waals surface area contributed by atoms with Crippen molar-refractivity contribution in [3.05, 3.63) is 34.9 Å². The Bertz CT molecular complexity index is 249. The molecule has 0 unspecified atom stereocenters. The first-order valence-corrected chi connectivity index (χ1v) is 5.91. The Kier molecular flexibility index (Phi) is 4.72. The van der Waals surface area contributed by atoms with E-state index in [0.29, 0.717) is 0 Å². The van der Waals surface area contributed by atoms with Crippen LogP contribution in [0.5, 0.6) is 0 Å². The standard InChI is InChI=1S/C14H22/c1-4-7-13-9-12(6-3)10-14(11-13)8-5-2/h9-11H,4-8H2,1-3H3. The lowest BCUT2D eigenvalue weighted by Crippen LogP contribution is -1.92. The summed E-state index contributed by atoms with van der Waals surface area (Å²) in [7, 11) is 0. The maximum atomic E-state index is 2.38. The zero-order chi connectivity index (χ0) is 10.4. The highest BCUT2D eigenvalue weighted by Crippen LogP contribution is 2.14. The predicted molar refractivity (Wildman–Crippen MR) is 63.8 cm³/mol. The Labute approximate surface area is 88.4 Å². The van der Waals surface area contributed by atoms with Crippen LogP contribution in [0.2, 0.25) is 0 Å². The minimum atomic E-state index is 1.16. The summed E-state index contributed by atoms with van der Waals surface area (Å²) in [5.74, 6) is 0. The van der Waals surface area contributed by atoms with Crippen LogP contribution in [0.1, 0.15) is 50.3 Å². The third kappa shape index (κ3) is 3.17. The van der Waals surface area contributed by atoms with Gasteiger partial charge in [-0.1, -0.05) is 51.8 Å². The van der Waals surface area contributed by atoms with E-state index in [2.05, 4.69) is 39.0 Å². The highest BCUT2D eigenvalue weighted by Gasteiger charge is 1.99. The van der Waals surface area contributed by atoms with Crippen molar-refractivity contribution >= 4 is 0 Å². The first-order chi connectivity index (χ1) is 6.80. The molecule has 1 rings (SSSR count). The van der Waals surface area contributed by atoms with E-state index in [1.807, 2.05) is 0 Å². The fraction of sp³-hybridized carbons (Fsp3) is 0.571. The summed E-state index contributed by atoms with van der Waals surface area (Å²) >= 11 is 0. The zero-order valence-electron chi connectivity index (χ0n) is 9.77. The van der Waals surface area contributed by atoms with E-state index < -0.39 is 0 Å². The van der Waals surface area contributed by atoms with Crippen molar-refractivity contribution in [2.75, 3.05) is 0 Å².